The molecule has 0 saturated carbocycles. The Morgan fingerprint density at radius 1 is 1.43 bits per heavy atom. The minimum absolute atomic E-state index is 0.0320. The van der Waals surface area contributed by atoms with Crippen LogP contribution >= 0.6 is 23.4 Å². The number of nitrogens with zero attached hydrogens (tertiary/aromatic N) is 4. The molecule has 0 saturated heterocycles. The van der Waals surface area contributed by atoms with E-state index in [1.807, 2.05) is 0 Å². The number of hydrogen-bond acceptors (Lipinski definition) is 5. The molecular weight excluding hydrogens is 333 g/mol. The molecule has 1 aromatic heterocycles. The molecule has 0 aliphatic heterocycles. The number of benzene rings is 1. The highest BCUT2D eigenvalue weighted by atomic mass is 35.5. The van der Waals surface area contributed by atoms with Crippen LogP contribution in [0, 0.1) is 0 Å². The fraction of sp³-hybridized carbons (Fsp3) is 0.200. The Morgan fingerprint density at radius 2 is 2.14 bits per heavy atom. The predicted molar refractivity (Wildman–Crippen MR) is 67.5 cm³/mol. The Bertz CT molecular complexity index is 677. The lowest BCUT2D eigenvalue weighted by Crippen LogP contribution is -2.08. The third-order valence-electron chi connectivity index (χ3n) is 2.27. The van der Waals surface area contributed by atoms with Gasteiger partial charge in [-0.15, -0.1) is 5.10 Å². The second-order valence-electron chi connectivity index (χ2n) is 3.72. The second-order valence-corrected chi connectivity index (χ2v) is 5.07. The smallest absolute Gasteiger partial charge is 0.417 e. The molecule has 0 spiro atoms. The van der Waals surface area contributed by atoms with Gasteiger partial charge in [-0.05, 0) is 28.6 Å². The van der Waals surface area contributed by atoms with Gasteiger partial charge in [0.25, 0.3) is 0 Å². The van der Waals surface area contributed by atoms with E-state index in [1.165, 1.54) is 6.07 Å². The van der Waals surface area contributed by atoms with Crippen molar-refractivity contribution in [2.24, 2.45) is 0 Å². The zero-order chi connectivity index (χ0) is 15.6. The van der Waals surface area contributed by atoms with Crippen molar-refractivity contribution in [3.05, 3.63) is 28.8 Å². The van der Waals surface area contributed by atoms with E-state index in [-0.39, 0.29) is 16.6 Å². The zero-order valence-electron chi connectivity index (χ0n) is 10.0. The molecule has 1 aromatic carbocycles. The van der Waals surface area contributed by atoms with Gasteiger partial charge in [0.2, 0.25) is 5.16 Å². The van der Waals surface area contributed by atoms with Crippen molar-refractivity contribution in [3.63, 3.8) is 0 Å². The number of alkyl halides is 3. The number of thioether (sulfide) groups is 1. The molecule has 11 heteroatoms. The van der Waals surface area contributed by atoms with Crippen LogP contribution in [0.1, 0.15) is 5.56 Å². The highest BCUT2D eigenvalue weighted by molar-refractivity contribution is 7.99. The highest BCUT2D eigenvalue weighted by Gasteiger charge is 2.33. The van der Waals surface area contributed by atoms with Gasteiger partial charge in [-0.1, -0.05) is 23.4 Å². The summed E-state index contributed by atoms with van der Waals surface area (Å²) in [5, 5.41) is 18.7. The summed E-state index contributed by atoms with van der Waals surface area (Å²) >= 11 is 6.31. The van der Waals surface area contributed by atoms with E-state index in [4.69, 9.17) is 16.7 Å². The van der Waals surface area contributed by atoms with Crippen LogP contribution in [-0.2, 0) is 11.0 Å². The molecule has 0 unspecified atom stereocenters. The molecule has 0 radical (unpaired) electrons. The van der Waals surface area contributed by atoms with Crippen LogP contribution in [0.2, 0.25) is 5.02 Å². The first-order valence-electron chi connectivity index (χ1n) is 5.29. The van der Waals surface area contributed by atoms with Crippen molar-refractivity contribution in [2.45, 2.75) is 11.3 Å². The lowest BCUT2D eigenvalue weighted by Gasteiger charge is -2.11. The molecule has 2 aromatic rings. The number of carboxylic acids is 1. The summed E-state index contributed by atoms with van der Waals surface area (Å²) in [6.07, 6.45) is -4.62. The van der Waals surface area contributed by atoms with E-state index in [1.54, 1.807) is 0 Å². The zero-order valence-corrected chi connectivity index (χ0v) is 11.6. The summed E-state index contributed by atoms with van der Waals surface area (Å²) in [6, 6.07) is 3.18. The van der Waals surface area contributed by atoms with Gasteiger partial charge < -0.3 is 5.11 Å². The molecule has 1 heterocycles. The summed E-state index contributed by atoms with van der Waals surface area (Å²) in [5.41, 5.74) is -0.990. The van der Waals surface area contributed by atoms with Gasteiger partial charge in [-0.25, -0.2) is 0 Å². The fourth-order valence-corrected chi connectivity index (χ4v) is 2.26. The molecule has 1 N–H and O–H groups in total. The van der Waals surface area contributed by atoms with Gasteiger partial charge in [-0.3, -0.25) is 4.79 Å². The van der Waals surface area contributed by atoms with E-state index < -0.39 is 22.7 Å². The second kappa shape index (κ2) is 5.90. The number of carboxylic acid groups (broad SMARTS) is 1. The summed E-state index contributed by atoms with van der Waals surface area (Å²) in [4.78, 5) is 10.5. The Labute approximate surface area is 124 Å². The van der Waals surface area contributed by atoms with Crippen molar-refractivity contribution < 1.29 is 23.1 Å². The first-order chi connectivity index (χ1) is 9.79. The Hall–Kier alpha value is -1.81. The van der Waals surface area contributed by atoms with E-state index in [2.05, 4.69) is 15.5 Å². The molecule has 0 aliphatic carbocycles. The number of hydrogen-bond donors (Lipinski definition) is 1. The number of halogens is 4. The Morgan fingerprint density at radius 3 is 2.76 bits per heavy atom. The number of aliphatic carboxylic acids is 1. The van der Waals surface area contributed by atoms with E-state index in [9.17, 15) is 18.0 Å². The summed E-state index contributed by atoms with van der Waals surface area (Å²) < 4.78 is 39.4. The number of carbonyl (C=O) groups is 1. The Kier molecular flexibility index (Phi) is 4.37. The molecule has 0 atom stereocenters. The van der Waals surface area contributed by atoms with Crippen LogP contribution in [0.5, 0.6) is 0 Å². The van der Waals surface area contributed by atoms with Crippen LogP contribution in [-0.4, -0.2) is 37.0 Å². The van der Waals surface area contributed by atoms with Gasteiger partial charge in [0.05, 0.1) is 22.0 Å². The molecule has 0 aliphatic rings. The average Bonchev–Trinajstić information content (AvgIpc) is 2.84. The number of tetrazole rings is 1. The molecule has 112 valence electrons. The van der Waals surface area contributed by atoms with Crippen LogP contribution in [0.3, 0.4) is 0 Å². The number of aromatic nitrogens is 4. The molecule has 21 heavy (non-hydrogen) atoms. The van der Waals surface area contributed by atoms with E-state index in [0.29, 0.717) is 0 Å². The van der Waals surface area contributed by atoms with Crippen LogP contribution in [0.4, 0.5) is 13.2 Å². The monoisotopic (exact) mass is 338 g/mol. The molecule has 0 fully saturated rings. The average molecular weight is 339 g/mol. The van der Waals surface area contributed by atoms with Gasteiger partial charge in [-0.2, -0.15) is 17.9 Å². The van der Waals surface area contributed by atoms with Crippen molar-refractivity contribution in [2.75, 3.05) is 5.75 Å². The highest BCUT2D eigenvalue weighted by Crippen LogP contribution is 2.36. The Balaban J connectivity index is 2.39. The summed E-state index contributed by atoms with van der Waals surface area (Å²) in [6.45, 7) is 0. The third-order valence-corrected chi connectivity index (χ3v) is 3.50. The van der Waals surface area contributed by atoms with Crippen molar-refractivity contribution in [1.29, 1.82) is 0 Å². The van der Waals surface area contributed by atoms with Crippen molar-refractivity contribution in [1.82, 2.24) is 20.2 Å². The summed E-state index contributed by atoms with van der Waals surface area (Å²) in [7, 11) is 0. The largest absolute Gasteiger partial charge is 0.481 e. The first-order valence-corrected chi connectivity index (χ1v) is 6.65. The maximum absolute atomic E-state index is 12.8. The fourth-order valence-electron chi connectivity index (χ4n) is 1.42. The van der Waals surface area contributed by atoms with E-state index >= 15 is 0 Å². The van der Waals surface area contributed by atoms with Crippen LogP contribution in [0.15, 0.2) is 23.4 Å². The van der Waals surface area contributed by atoms with Crippen molar-refractivity contribution >= 4 is 29.3 Å². The maximum Gasteiger partial charge on any atom is 0.417 e. The third kappa shape index (κ3) is 3.64. The lowest BCUT2D eigenvalue weighted by molar-refractivity contribution is -0.137. The molecule has 0 amide bonds. The number of rotatable bonds is 4. The van der Waals surface area contributed by atoms with Crippen LogP contribution in [0.25, 0.3) is 5.69 Å². The van der Waals surface area contributed by atoms with E-state index in [0.717, 1.165) is 28.6 Å². The molecule has 2 rings (SSSR count). The van der Waals surface area contributed by atoms with Gasteiger partial charge in [0.15, 0.2) is 0 Å². The SMILES string of the molecule is O=C(O)CSc1nnnn1-c1ccc(Cl)c(C(F)(F)F)c1. The maximum atomic E-state index is 12.8. The molecular formula is C10H6ClF3N4O2S. The van der Waals surface area contributed by atoms with Crippen LogP contribution < -0.4 is 0 Å². The van der Waals surface area contributed by atoms with Gasteiger partial charge >= 0.3 is 12.1 Å². The predicted octanol–water partition coefficient (Wildman–Crippen LogP) is 2.51. The molecule has 0 bridgehead atoms. The van der Waals surface area contributed by atoms with Gasteiger partial charge in [0, 0.05) is 0 Å². The van der Waals surface area contributed by atoms with Gasteiger partial charge in [0.1, 0.15) is 0 Å². The minimum atomic E-state index is -4.62. The minimum Gasteiger partial charge on any atom is -0.481 e. The quantitative estimate of drug-likeness (QED) is 0.863. The van der Waals surface area contributed by atoms with Crippen molar-refractivity contribution in [3.8, 4) is 5.69 Å². The topological polar surface area (TPSA) is 80.9 Å². The normalized spacial score (nSPS) is 11.6. The first kappa shape index (κ1) is 15.6. The summed E-state index contributed by atoms with van der Waals surface area (Å²) in [5.74, 6) is -1.42. The molecule has 6 nitrogen and oxygen atoms in total. The lowest BCUT2D eigenvalue weighted by atomic mass is 10.2. The standard InChI is InChI=1S/C10H6ClF3N4O2S/c11-7-2-1-5(3-6(7)10(12,13)14)18-9(15-16-17-18)21-4-8(19)20/h1-3H,4H2,(H,19,20).